The predicted molar refractivity (Wildman–Crippen MR) is 80.8 cm³/mol. The molecule has 112 valence electrons. The van der Waals surface area contributed by atoms with Gasteiger partial charge >= 0.3 is 7.12 Å². The van der Waals surface area contributed by atoms with Crippen LogP contribution in [0.15, 0.2) is 11.7 Å². The van der Waals surface area contributed by atoms with Gasteiger partial charge in [-0.1, -0.05) is 6.92 Å². The van der Waals surface area contributed by atoms with Crippen LogP contribution in [0.25, 0.3) is 0 Å². The summed E-state index contributed by atoms with van der Waals surface area (Å²) in [5.41, 5.74) is -0.307. The SMILES string of the molecule is CCC(N/C=C(\C=N)B1OC(C)(C)C(C)(C)O1)C(C)=O. The van der Waals surface area contributed by atoms with Crippen LogP contribution in [-0.2, 0) is 14.1 Å². The van der Waals surface area contributed by atoms with Crippen LogP contribution in [0.2, 0.25) is 0 Å². The molecule has 1 heterocycles. The van der Waals surface area contributed by atoms with Crippen molar-refractivity contribution < 1.29 is 14.1 Å². The van der Waals surface area contributed by atoms with Crippen molar-refractivity contribution in [1.29, 1.82) is 5.41 Å². The summed E-state index contributed by atoms with van der Waals surface area (Å²) in [6.07, 6.45) is 3.53. The number of hydrogen-bond donors (Lipinski definition) is 2. The lowest BCUT2D eigenvalue weighted by molar-refractivity contribution is -0.118. The molecule has 0 bridgehead atoms. The zero-order valence-corrected chi connectivity index (χ0v) is 13.2. The van der Waals surface area contributed by atoms with Crippen molar-refractivity contribution in [1.82, 2.24) is 5.32 Å². The lowest BCUT2D eigenvalue weighted by Crippen LogP contribution is -2.41. The first-order chi connectivity index (χ1) is 9.14. The van der Waals surface area contributed by atoms with Gasteiger partial charge in [-0.05, 0) is 47.2 Å². The summed E-state index contributed by atoms with van der Waals surface area (Å²) in [5, 5.41) is 10.5. The average molecular weight is 280 g/mol. The smallest absolute Gasteiger partial charge is 0.399 e. The number of nitrogens with one attached hydrogen (secondary N) is 2. The fourth-order valence-corrected chi connectivity index (χ4v) is 1.88. The second kappa shape index (κ2) is 6.10. The second-order valence-electron chi connectivity index (χ2n) is 6.12. The Morgan fingerprint density at radius 3 is 2.15 bits per heavy atom. The topological polar surface area (TPSA) is 71.4 Å². The van der Waals surface area contributed by atoms with E-state index in [1.807, 2.05) is 34.6 Å². The molecule has 1 fully saturated rings. The molecule has 0 spiro atoms. The summed E-state index contributed by atoms with van der Waals surface area (Å²) in [4.78, 5) is 11.4. The highest BCUT2D eigenvalue weighted by molar-refractivity contribution is 6.60. The van der Waals surface area contributed by atoms with Crippen LogP contribution in [-0.4, -0.2) is 36.4 Å². The highest BCUT2D eigenvalue weighted by Crippen LogP contribution is 2.38. The van der Waals surface area contributed by atoms with Gasteiger partial charge in [0.1, 0.15) is 0 Å². The lowest BCUT2D eigenvalue weighted by atomic mass is 9.79. The minimum atomic E-state index is -0.588. The van der Waals surface area contributed by atoms with Crippen LogP contribution in [0, 0.1) is 5.41 Å². The van der Waals surface area contributed by atoms with E-state index in [0.29, 0.717) is 11.9 Å². The molecular weight excluding hydrogens is 255 g/mol. The van der Waals surface area contributed by atoms with Crippen molar-refractivity contribution >= 4 is 19.1 Å². The Hall–Kier alpha value is -1.14. The van der Waals surface area contributed by atoms with Crippen LogP contribution < -0.4 is 5.32 Å². The first kappa shape index (κ1) is 16.9. The van der Waals surface area contributed by atoms with Crippen LogP contribution in [0.3, 0.4) is 0 Å². The van der Waals surface area contributed by atoms with Gasteiger partial charge in [0.15, 0.2) is 5.78 Å². The van der Waals surface area contributed by atoms with E-state index < -0.39 is 18.3 Å². The highest BCUT2D eigenvalue weighted by Gasteiger charge is 2.52. The molecule has 0 aliphatic carbocycles. The Balaban J connectivity index is 2.83. The summed E-state index contributed by atoms with van der Waals surface area (Å²) < 4.78 is 11.8. The Bertz CT molecular complexity index is 403. The summed E-state index contributed by atoms with van der Waals surface area (Å²) in [6, 6.07) is -0.243. The van der Waals surface area contributed by atoms with Gasteiger partial charge in [0, 0.05) is 11.7 Å². The molecule has 0 radical (unpaired) electrons. The maximum absolute atomic E-state index is 11.4. The molecule has 1 aliphatic rings. The number of rotatable bonds is 6. The van der Waals surface area contributed by atoms with Gasteiger partial charge in [0.25, 0.3) is 0 Å². The van der Waals surface area contributed by atoms with Gasteiger partial charge in [-0.2, -0.15) is 0 Å². The predicted octanol–water partition coefficient (Wildman–Crippen LogP) is 2.11. The third-order valence-corrected chi connectivity index (χ3v) is 4.04. The fraction of sp³-hybridized carbons (Fsp3) is 0.714. The first-order valence-corrected chi connectivity index (χ1v) is 6.97. The highest BCUT2D eigenvalue weighted by atomic mass is 16.7. The van der Waals surface area contributed by atoms with E-state index >= 15 is 0 Å². The van der Waals surface area contributed by atoms with Gasteiger partial charge < -0.3 is 20.0 Å². The molecule has 2 N–H and O–H groups in total. The van der Waals surface area contributed by atoms with E-state index in [1.54, 1.807) is 13.1 Å². The molecule has 1 unspecified atom stereocenters. The van der Waals surface area contributed by atoms with Crippen LogP contribution in [0.4, 0.5) is 0 Å². The van der Waals surface area contributed by atoms with E-state index in [2.05, 4.69) is 5.32 Å². The monoisotopic (exact) mass is 280 g/mol. The molecule has 1 saturated heterocycles. The van der Waals surface area contributed by atoms with Crippen LogP contribution in [0.5, 0.6) is 0 Å². The molecule has 1 rings (SSSR count). The van der Waals surface area contributed by atoms with Gasteiger partial charge in [0.2, 0.25) is 0 Å². The number of Topliss-reactive ketones (excluding diaryl/α,β-unsaturated/α-hetero) is 1. The molecule has 1 atom stereocenters. The maximum Gasteiger partial charge on any atom is 0.497 e. The molecule has 0 amide bonds. The average Bonchev–Trinajstić information content (AvgIpc) is 2.53. The third-order valence-electron chi connectivity index (χ3n) is 4.04. The number of carbonyl (C=O) groups is 1. The molecule has 6 heteroatoms. The lowest BCUT2D eigenvalue weighted by Gasteiger charge is -2.32. The summed E-state index contributed by atoms with van der Waals surface area (Å²) >= 11 is 0. The van der Waals surface area contributed by atoms with E-state index in [0.717, 1.165) is 0 Å². The Kier molecular flexibility index (Phi) is 5.16. The van der Waals surface area contributed by atoms with Crippen molar-refractivity contribution in [3.05, 3.63) is 11.7 Å². The molecule has 0 aromatic carbocycles. The molecule has 5 nitrogen and oxygen atoms in total. The van der Waals surface area contributed by atoms with E-state index in [1.165, 1.54) is 6.21 Å². The zero-order valence-electron chi connectivity index (χ0n) is 13.2. The fourth-order valence-electron chi connectivity index (χ4n) is 1.88. The number of hydrogen-bond acceptors (Lipinski definition) is 5. The van der Waals surface area contributed by atoms with Crippen molar-refractivity contribution in [2.24, 2.45) is 0 Å². The third kappa shape index (κ3) is 3.49. The molecule has 0 aromatic rings. The van der Waals surface area contributed by atoms with Crippen molar-refractivity contribution in [3.8, 4) is 0 Å². The minimum absolute atomic E-state index is 0.0713. The Labute approximate surface area is 121 Å². The van der Waals surface area contributed by atoms with Gasteiger partial charge in [-0.3, -0.25) is 4.79 Å². The number of ketones is 1. The summed E-state index contributed by atoms with van der Waals surface area (Å²) in [7, 11) is -0.588. The standard InChI is InChI=1S/C14H25BN2O3/c1-7-12(10(2)18)17-9-11(8-16)15-19-13(3,4)14(5,6)20-15/h8-9,12,16-17H,7H2,1-6H3/b11-9+,16-8?. The first-order valence-electron chi connectivity index (χ1n) is 6.97. The molecule has 0 saturated carbocycles. The second-order valence-corrected chi connectivity index (χ2v) is 6.12. The molecule has 0 aromatic heterocycles. The quantitative estimate of drug-likeness (QED) is 0.577. The number of allylic oxidation sites excluding steroid dienone is 1. The molecular formula is C14H25BN2O3. The van der Waals surface area contributed by atoms with E-state index in [-0.39, 0.29) is 11.8 Å². The van der Waals surface area contributed by atoms with E-state index in [4.69, 9.17) is 14.7 Å². The van der Waals surface area contributed by atoms with Gasteiger partial charge in [-0.25, -0.2) is 0 Å². The summed E-state index contributed by atoms with van der Waals surface area (Å²) in [6.45, 7) is 11.3. The molecule has 1 aliphatic heterocycles. The van der Waals surface area contributed by atoms with Crippen LogP contribution >= 0.6 is 0 Å². The number of carbonyl (C=O) groups excluding carboxylic acids is 1. The Morgan fingerprint density at radius 2 is 1.80 bits per heavy atom. The maximum atomic E-state index is 11.4. The summed E-state index contributed by atoms with van der Waals surface area (Å²) in [5.74, 6) is 0.0713. The van der Waals surface area contributed by atoms with Crippen LogP contribution in [0.1, 0.15) is 48.0 Å². The molecule has 20 heavy (non-hydrogen) atoms. The van der Waals surface area contributed by atoms with Gasteiger partial charge in [-0.15, -0.1) is 0 Å². The van der Waals surface area contributed by atoms with Crippen molar-refractivity contribution in [2.45, 2.75) is 65.2 Å². The van der Waals surface area contributed by atoms with E-state index in [9.17, 15) is 4.79 Å². The van der Waals surface area contributed by atoms with Gasteiger partial charge in [0.05, 0.1) is 17.2 Å². The largest absolute Gasteiger partial charge is 0.497 e. The normalized spacial score (nSPS) is 22.5. The van der Waals surface area contributed by atoms with Crippen molar-refractivity contribution in [2.75, 3.05) is 0 Å². The minimum Gasteiger partial charge on any atom is -0.399 e. The van der Waals surface area contributed by atoms with Crippen molar-refractivity contribution in [3.63, 3.8) is 0 Å². The Morgan fingerprint density at radius 1 is 1.30 bits per heavy atom. The zero-order chi connectivity index (χ0) is 15.6.